The minimum Gasteiger partial charge on any atom is -0.360 e. The lowest BCUT2D eigenvalue weighted by Gasteiger charge is -2.33. The summed E-state index contributed by atoms with van der Waals surface area (Å²) in [5.74, 6) is 1.17. The van der Waals surface area contributed by atoms with Gasteiger partial charge in [0.1, 0.15) is 5.76 Å². The lowest BCUT2D eigenvalue weighted by molar-refractivity contribution is -0.116. The van der Waals surface area contributed by atoms with E-state index in [0.29, 0.717) is 24.0 Å². The van der Waals surface area contributed by atoms with Crippen LogP contribution in [0.4, 0.5) is 5.82 Å². The molecule has 1 amide bonds. The summed E-state index contributed by atoms with van der Waals surface area (Å²) in [6.07, 6.45) is 0.482. The maximum atomic E-state index is 11.7. The van der Waals surface area contributed by atoms with Crippen LogP contribution in [0.3, 0.4) is 0 Å². The van der Waals surface area contributed by atoms with Crippen LogP contribution in [-0.2, 0) is 4.79 Å². The fraction of sp³-hybridized carbons (Fsp3) is 0.667. The number of carbonyl (C=O) groups excluding carboxylic acids is 1. The largest absolute Gasteiger partial charge is 0.360 e. The highest BCUT2D eigenvalue weighted by molar-refractivity contribution is 5.89. The van der Waals surface area contributed by atoms with E-state index >= 15 is 0 Å². The summed E-state index contributed by atoms with van der Waals surface area (Å²) in [5, 5.41) is 9.80. The molecule has 18 heavy (non-hydrogen) atoms. The number of aromatic nitrogens is 1. The van der Waals surface area contributed by atoms with E-state index in [9.17, 15) is 4.79 Å². The van der Waals surface area contributed by atoms with Gasteiger partial charge in [0.25, 0.3) is 0 Å². The second-order valence-corrected chi connectivity index (χ2v) is 4.71. The van der Waals surface area contributed by atoms with E-state index in [-0.39, 0.29) is 5.91 Å². The van der Waals surface area contributed by atoms with Gasteiger partial charge in [-0.05, 0) is 13.8 Å². The summed E-state index contributed by atoms with van der Waals surface area (Å²) in [7, 11) is 0. The van der Waals surface area contributed by atoms with E-state index in [1.54, 1.807) is 13.0 Å². The Hall–Kier alpha value is -1.40. The van der Waals surface area contributed by atoms with Crippen molar-refractivity contribution in [2.75, 3.05) is 31.5 Å². The van der Waals surface area contributed by atoms with Crippen LogP contribution in [0, 0.1) is 6.92 Å². The van der Waals surface area contributed by atoms with Gasteiger partial charge in [0, 0.05) is 44.7 Å². The zero-order valence-electron chi connectivity index (χ0n) is 10.9. The molecule has 0 aliphatic carbocycles. The second-order valence-electron chi connectivity index (χ2n) is 4.71. The number of aryl methyl sites for hydroxylation is 1. The Morgan fingerprint density at radius 3 is 3.22 bits per heavy atom. The molecule has 0 saturated carbocycles. The van der Waals surface area contributed by atoms with Crippen molar-refractivity contribution in [3.8, 4) is 0 Å². The minimum atomic E-state index is -0.0194. The van der Waals surface area contributed by atoms with Crippen molar-refractivity contribution in [2.45, 2.75) is 26.3 Å². The summed E-state index contributed by atoms with van der Waals surface area (Å²) in [4.78, 5) is 14.1. The van der Waals surface area contributed by atoms with Crippen LogP contribution in [0.5, 0.6) is 0 Å². The molecule has 6 heteroatoms. The standard InChI is InChI=1S/C12H20N4O2/c1-9-8-13-4-6-16(9)5-3-12(17)14-11-7-10(2)18-15-11/h7,9,13H,3-6,8H2,1-2H3,(H,14,15,17)/t9-/m0/s1. The van der Waals surface area contributed by atoms with E-state index in [0.717, 1.165) is 26.2 Å². The molecule has 2 rings (SSSR count). The second kappa shape index (κ2) is 5.97. The van der Waals surface area contributed by atoms with E-state index < -0.39 is 0 Å². The molecule has 0 radical (unpaired) electrons. The normalized spacial score (nSPS) is 20.9. The Morgan fingerprint density at radius 1 is 1.72 bits per heavy atom. The van der Waals surface area contributed by atoms with Gasteiger partial charge in [-0.1, -0.05) is 5.16 Å². The van der Waals surface area contributed by atoms with Crippen LogP contribution < -0.4 is 10.6 Å². The smallest absolute Gasteiger partial charge is 0.226 e. The number of nitrogens with one attached hydrogen (secondary N) is 2. The summed E-state index contributed by atoms with van der Waals surface area (Å²) in [6, 6.07) is 2.20. The topological polar surface area (TPSA) is 70.4 Å². The molecule has 2 N–H and O–H groups in total. The molecular formula is C12H20N4O2. The maximum absolute atomic E-state index is 11.7. The third-order valence-electron chi connectivity index (χ3n) is 3.16. The Labute approximate surface area is 107 Å². The van der Waals surface area contributed by atoms with Gasteiger partial charge in [0.15, 0.2) is 5.82 Å². The average Bonchev–Trinajstić information content (AvgIpc) is 2.74. The zero-order valence-corrected chi connectivity index (χ0v) is 10.9. The van der Waals surface area contributed by atoms with Crippen molar-refractivity contribution in [1.82, 2.24) is 15.4 Å². The summed E-state index contributed by atoms with van der Waals surface area (Å²) in [6.45, 7) is 7.73. The van der Waals surface area contributed by atoms with E-state index in [1.165, 1.54) is 0 Å². The van der Waals surface area contributed by atoms with Crippen LogP contribution in [0.25, 0.3) is 0 Å². The van der Waals surface area contributed by atoms with Gasteiger partial charge < -0.3 is 15.2 Å². The SMILES string of the molecule is Cc1cc(NC(=O)CCN2CCNC[C@@H]2C)no1. The molecular weight excluding hydrogens is 232 g/mol. The number of piperazine rings is 1. The van der Waals surface area contributed by atoms with Crippen LogP contribution >= 0.6 is 0 Å². The third-order valence-corrected chi connectivity index (χ3v) is 3.16. The number of carbonyl (C=O) groups is 1. The molecule has 1 atom stereocenters. The van der Waals surface area contributed by atoms with Crippen molar-refractivity contribution in [2.24, 2.45) is 0 Å². The lowest BCUT2D eigenvalue weighted by Crippen LogP contribution is -2.50. The predicted molar refractivity (Wildman–Crippen MR) is 68.4 cm³/mol. The molecule has 6 nitrogen and oxygen atoms in total. The fourth-order valence-electron chi connectivity index (χ4n) is 2.09. The van der Waals surface area contributed by atoms with Crippen molar-refractivity contribution in [1.29, 1.82) is 0 Å². The Balaban J connectivity index is 1.74. The van der Waals surface area contributed by atoms with Gasteiger partial charge >= 0.3 is 0 Å². The van der Waals surface area contributed by atoms with Crippen LogP contribution in [0.15, 0.2) is 10.6 Å². The lowest BCUT2D eigenvalue weighted by atomic mass is 10.2. The number of rotatable bonds is 4. The highest BCUT2D eigenvalue weighted by Gasteiger charge is 2.18. The van der Waals surface area contributed by atoms with Crippen LogP contribution in [0.1, 0.15) is 19.1 Å². The van der Waals surface area contributed by atoms with Crippen LogP contribution in [-0.4, -0.2) is 48.2 Å². The van der Waals surface area contributed by atoms with Gasteiger partial charge in [-0.25, -0.2) is 0 Å². The maximum Gasteiger partial charge on any atom is 0.226 e. The first-order valence-corrected chi connectivity index (χ1v) is 6.33. The number of nitrogens with zero attached hydrogens (tertiary/aromatic N) is 2. The third kappa shape index (κ3) is 3.54. The van der Waals surface area contributed by atoms with E-state index in [2.05, 4.69) is 27.6 Å². The summed E-state index contributed by atoms with van der Waals surface area (Å²) < 4.78 is 4.89. The first-order valence-electron chi connectivity index (χ1n) is 6.33. The molecule has 1 aromatic rings. The summed E-state index contributed by atoms with van der Waals surface area (Å²) in [5.41, 5.74) is 0. The molecule has 0 spiro atoms. The average molecular weight is 252 g/mol. The Kier molecular flexibility index (Phi) is 4.33. The molecule has 1 fully saturated rings. The Morgan fingerprint density at radius 2 is 2.56 bits per heavy atom. The van der Waals surface area contributed by atoms with Crippen molar-refractivity contribution >= 4 is 11.7 Å². The van der Waals surface area contributed by atoms with Gasteiger partial charge in [-0.2, -0.15) is 0 Å². The zero-order chi connectivity index (χ0) is 13.0. The molecule has 1 saturated heterocycles. The van der Waals surface area contributed by atoms with Crippen molar-refractivity contribution in [3.05, 3.63) is 11.8 Å². The minimum absolute atomic E-state index is 0.0194. The molecule has 0 bridgehead atoms. The number of hydrogen-bond donors (Lipinski definition) is 2. The molecule has 1 aliphatic heterocycles. The number of amides is 1. The van der Waals surface area contributed by atoms with Gasteiger partial charge in [-0.3, -0.25) is 9.69 Å². The van der Waals surface area contributed by atoms with E-state index in [1.807, 2.05) is 0 Å². The fourth-order valence-corrected chi connectivity index (χ4v) is 2.09. The molecule has 0 aromatic carbocycles. The summed E-state index contributed by atoms with van der Waals surface area (Å²) >= 11 is 0. The number of hydrogen-bond acceptors (Lipinski definition) is 5. The first-order chi connectivity index (χ1) is 8.65. The monoisotopic (exact) mass is 252 g/mol. The first kappa shape index (κ1) is 13.0. The van der Waals surface area contributed by atoms with Gasteiger partial charge in [0.2, 0.25) is 5.91 Å². The highest BCUT2D eigenvalue weighted by Crippen LogP contribution is 2.08. The molecule has 100 valence electrons. The molecule has 2 heterocycles. The van der Waals surface area contributed by atoms with Gasteiger partial charge in [0.05, 0.1) is 0 Å². The highest BCUT2D eigenvalue weighted by atomic mass is 16.5. The predicted octanol–water partition coefficient (Wildman–Crippen LogP) is 0.605. The van der Waals surface area contributed by atoms with Crippen LogP contribution in [0.2, 0.25) is 0 Å². The molecule has 0 unspecified atom stereocenters. The molecule has 1 aromatic heterocycles. The molecule has 1 aliphatic rings. The van der Waals surface area contributed by atoms with Gasteiger partial charge in [-0.15, -0.1) is 0 Å². The number of anilines is 1. The van der Waals surface area contributed by atoms with Crippen molar-refractivity contribution in [3.63, 3.8) is 0 Å². The quantitative estimate of drug-likeness (QED) is 0.821. The van der Waals surface area contributed by atoms with Crippen molar-refractivity contribution < 1.29 is 9.32 Å². The Bertz CT molecular complexity index is 405. The van der Waals surface area contributed by atoms with E-state index in [4.69, 9.17) is 4.52 Å².